The standard InChI is InChI=1S/C16H23N3O/c1-2-3-16(20)19-9-6-13-4-5-14(12-15(13)19)18-10-7-17-8-11-18/h4-5,12,17H,2-3,6-11H2,1H3. The molecular weight excluding hydrogens is 250 g/mol. The van der Waals surface area contributed by atoms with Crippen molar-refractivity contribution in [2.45, 2.75) is 26.2 Å². The van der Waals surface area contributed by atoms with E-state index in [9.17, 15) is 4.79 Å². The minimum Gasteiger partial charge on any atom is -0.369 e. The average Bonchev–Trinajstić information content (AvgIpc) is 2.91. The maximum atomic E-state index is 12.2. The molecule has 0 spiro atoms. The molecule has 20 heavy (non-hydrogen) atoms. The first-order valence-corrected chi connectivity index (χ1v) is 7.68. The summed E-state index contributed by atoms with van der Waals surface area (Å²) in [6.07, 6.45) is 2.56. The van der Waals surface area contributed by atoms with E-state index in [2.05, 4.69) is 35.3 Å². The first-order chi connectivity index (χ1) is 9.79. The molecule has 4 nitrogen and oxygen atoms in total. The van der Waals surface area contributed by atoms with Gasteiger partial charge in [0.2, 0.25) is 5.91 Å². The lowest BCUT2D eigenvalue weighted by molar-refractivity contribution is -0.118. The van der Waals surface area contributed by atoms with Crippen LogP contribution in [0.3, 0.4) is 0 Å². The first kappa shape index (κ1) is 13.4. The molecule has 0 unspecified atom stereocenters. The van der Waals surface area contributed by atoms with Gasteiger partial charge in [-0.2, -0.15) is 0 Å². The van der Waals surface area contributed by atoms with Crippen molar-refractivity contribution in [3.63, 3.8) is 0 Å². The van der Waals surface area contributed by atoms with Crippen LogP contribution < -0.4 is 15.1 Å². The molecule has 1 fully saturated rings. The van der Waals surface area contributed by atoms with E-state index in [1.807, 2.05) is 4.90 Å². The van der Waals surface area contributed by atoms with Crippen LogP contribution in [0, 0.1) is 0 Å². The Morgan fingerprint density at radius 1 is 1.25 bits per heavy atom. The van der Waals surface area contributed by atoms with Gasteiger partial charge in [0.05, 0.1) is 0 Å². The van der Waals surface area contributed by atoms with Gasteiger partial charge in [0, 0.05) is 50.5 Å². The number of carbonyl (C=O) groups is 1. The van der Waals surface area contributed by atoms with Crippen LogP contribution in [-0.2, 0) is 11.2 Å². The van der Waals surface area contributed by atoms with Crippen molar-refractivity contribution >= 4 is 17.3 Å². The van der Waals surface area contributed by atoms with Gasteiger partial charge in [-0.25, -0.2) is 0 Å². The molecule has 1 aromatic carbocycles. The second-order valence-electron chi connectivity index (χ2n) is 5.60. The molecule has 108 valence electrons. The molecule has 0 bridgehead atoms. The van der Waals surface area contributed by atoms with Crippen LogP contribution in [0.15, 0.2) is 18.2 Å². The van der Waals surface area contributed by atoms with E-state index >= 15 is 0 Å². The Morgan fingerprint density at radius 2 is 2.05 bits per heavy atom. The highest BCUT2D eigenvalue weighted by atomic mass is 16.2. The fourth-order valence-corrected chi connectivity index (χ4v) is 3.10. The van der Waals surface area contributed by atoms with Crippen LogP contribution in [0.5, 0.6) is 0 Å². The number of amides is 1. The summed E-state index contributed by atoms with van der Waals surface area (Å²) in [6, 6.07) is 6.62. The Morgan fingerprint density at radius 3 is 2.80 bits per heavy atom. The third-order valence-corrected chi connectivity index (χ3v) is 4.21. The molecular formula is C16H23N3O. The molecule has 0 atom stereocenters. The van der Waals surface area contributed by atoms with Gasteiger partial charge < -0.3 is 15.1 Å². The minimum absolute atomic E-state index is 0.267. The SMILES string of the molecule is CCCC(=O)N1CCc2ccc(N3CCNCC3)cc21. The zero-order valence-electron chi connectivity index (χ0n) is 12.2. The number of anilines is 2. The third-order valence-electron chi connectivity index (χ3n) is 4.21. The number of benzene rings is 1. The topological polar surface area (TPSA) is 35.6 Å². The normalized spacial score (nSPS) is 18.2. The molecule has 2 heterocycles. The number of hydrogen-bond donors (Lipinski definition) is 1. The Kier molecular flexibility index (Phi) is 3.92. The van der Waals surface area contributed by atoms with E-state index < -0.39 is 0 Å². The number of fused-ring (bicyclic) bond motifs is 1. The van der Waals surface area contributed by atoms with Crippen LogP contribution in [-0.4, -0.2) is 38.6 Å². The fourth-order valence-electron chi connectivity index (χ4n) is 3.10. The maximum absolute atomic E-state index is 12.2. The van der Waals surface area contributed by atoms with Gasteiger partial charge in [-0.3, -0.25) is 4.79 Å². The summed E-state index contributed by atoms with van der Waals surface area (Å²) >= 11 is 0. The van der Waals surface area contributed by atoms with Crippen LogP contribution in [0.4, 0.5) is 11.4 Å². The van der Waals surface area contributed by atoms with Crippen molar-refractivity contribution < 1.29 is 4.79 Å². The Labute approximate surface area is 120 Å². The van der Waals surface area contributed by atoms with Gasteiger partial charge in [-0.05, 0) is 30.5 Å². The van der Waals surface area contributed by atoms with E-state index in [0.717, 1.165) is 51.3 Å². The van der Waals surface area contributed by atoms with Crippen LogP contribution in [0.25, 0.3) is 0 Å². The number of piperazine rings is 1. The average molecular weight is 273 g/mol. The predicted octanol–water partition coefficient (Wildman–Crippen LogP) is 1.79. The second kappa shape index (κ2) is 5.83. The summed E-state index contributed by atoms with van der Waals surface area (Å²) in [4.78, 5) is 16.6. The maximum Gasteiger partial charge on any atom is 0.226 e. The van der Waals surface area contributed by atoms with Crippen molar-refractivity contribution in [2.24, 2.45) is 0 Å². The Hall–Kier alpha value is -1.55. The van der Waals surface area contributed by atoms with Crippen LogP contribution >= 0.6 is 0 Å². The molecule has 2 aliphatic heterocycles. The van der Waals surface area contributed by atoms with Crippen molar-refractivity contribution in [1.82, 2.24) is 5.32 Å². The van der Waals surface area contributed by atoms with Crippen molar-refractivity contribution in [3.05, 3.63) is 23.8 Å². The summed E-state index contributed by atoms with van der Waals surface area (Å²) in [6.45, 7) is 7.07. The predicted molar refractivity (Wildman–Crippen MR) is 82.5 cm³/mol. The number of hydrogen-bond acceptors (Lipinski definition) is 3. The monoisotopic (exact) mass is 273 g/mol. The second-order valence-corrected chi connectivity index (χ2v) is 5.60. The molecule has 0 aromatic heterocycles. The number of rotatable bonds is 3. The minimum atomic E-state index is 0.267. The third kappa shape index (κ3) is 2.52. The van der Waals surface area contributed by atoms with Crippen molar-refractivity contribution in [1.29, 1.82) is 0 Å². The van der Waals surface area contributed by atoms with Crippen LogP contribution in [0.2, 0.25) is 0 Å². The Balaban J connectivity index is 1.83. The van der Waals surface area contributed by atoms with Gasteiger partial charge in [0.15, 0.2) is 0 Å². The lowest BCUT2D eigenvalue weighted by atomic mass is 10.1. The summed E-state index contributed by atoms with van der Waals surface area (Å²) < 4.78 is 0. The van der Waals surface area contributed by atoms with Gasteiger partial charge in [0.1, 0.15) is 0 Å². The smallest absolute Gasteiger partial charge is 0.226 e. The number of nitrogens with zero attached hydrogens (tertiary/aromatic N) is 2. The molecule has 1 N–H and O–H groups in total. The van der Waals surface area contributed by atoms with E-state index in [1.54, 1.807) is 0 Å². The van der Waals surface area contributed by atoms with Gasteiger partial charge in [-0.15, -0.1) is 0 Å². The highest BCUT2D eigenvalue weighted by Gasteiger charge is 2.25. The van der Waals surface area contributed by atoms with Crippen molar-refractivity contribution in [2.75, 3.05) is 42.5 Å². The molecule has 2 aliphatic rings. The van der Waals surface area contributed by atoms with Gasteiger partial charge in [-0.1, -0.05) is 13.0 Å². The lowest BCUT2D eigenvalue weighted by Gasteiger charge is -2.30. The molecule has 1 aromatic rings. The molecule has 0 aliphatic carbocycles. The van der Waals surface area contributed by atoms with Gasteiger partial charge in [0.25, 0.3) is 0 Å². The lowest BCUT2D eigenvalue weighted by Crippen LogP contribution is -2.43. The summed E-state index contributed by atoms with van der Waals surface area (Å²) in [5, 5.41) is 3.37. The van der Waals surface area contributed by atoms with E-state index in [4.69, 9.17) is 0 Å². The number of nitrogens with one attached hydrogen (secondary N) is 1. The van der Waals surface area contributed by atoms with E-state index in [1.165, 1.54) is 11.3 Å². The fraction of sp³-hybridized carbons (Fsp3) is 0.562. The molecule has 0 saturated carbocycles. The van der Waals surface area contributed by atoms with Crippen LogP contribution in [0.1, 0.15) is 25.3 Å². The zero-order valence-corrected chi connectivity index (χ0v) is 12.2. The molecule has 1 amide bonds. The summed E-state index contributed by atoms with van der Waals surface area (Å²) in [7, 11) is 0. The van der Waals surface area contributed by atoms with Gasteiger partial charge >= 0.3 is 0 Å². The largest absolute Gasteiger partial charge is 0.369 e. The quantitative estimate of drug-likeness (QED) is 0.912. The first-order valence-electron chi connectivity index (χ1n) is 7.68. The van der Waals surface area contributed by atoms with E-state index in [-0.39, 0.29) is 5.91 Å². The molecule has 3 rings (SSSR count). The highest BCUT2D eigenvalue weighted by molar-refractivity contribution is 5.96. The van der Waals surface area contributed by atoms with E-state index in [0.29, 0.717) is 6.42 Å². The summed E-state index contributed by atoms with van der Waals surface area (Å²) in [5.41, 5.74) is 3.70. The zero-order chi connectivity index (χ0) is 13.9. The summed E-state index contributed by atoms with van der Waals surface area (Å²) in [5.74, 6) is 0.267. The number of carbonyl (C=O) groups excluding carboxylic acids is 1. The molecule has 1 saturated heterocycles. The molecule has 4 heteroatoms. The van der Waals surface area contributed by atoms with Crippen molar-refractivity contribution in [3.8, 4) is 0 Å². The highest BCUT2D eigenvalue weighted by Crippen LogP contribution is 2.32. The molecule has 0 radical (unpaired) electrons. The Bertz CT molecular complexity index is 494.